The number of carboxylic acids is 1. The number of nitrogens with zero attached hydrogens (tertiary/aromatic N) is 4. The normalized spacial score (nSPS) is 19.0. The fraction of sp³-hybridized carbons (Fsp3) is 0.385. The van der Waals surface area contributed by atoms with Gasteiger partial charge in [-0.25, -0.2) is 18.7 Å². The van der Waals surface area contributed by atoms with Crippen LogP contribution in [0.4, 0.5) is 4.39 Å². The van der Waals surface area contributed by atoms with Crippen LogP contribution in [0.15, 0.2) is 36.4 Å². The summed E-state index contributed by atoms with van der Waals surface area (Å²) in [6.45, 7) is 2.84. The van der Waals surface area contributed by atoms with E-state index in [1.807, 2.05) is 11.0 Å². The number of carboxylic acid groups (broad SMARTS) is 1. The quantitative estimate of drug-likeness (QED) is 0.544. The zero-order valence-corrected chi connectivity index (χ0v) is 19.1. The molecule has 0 spiro atoms. The summed E-state index contributed by atoms with van der Waals surface area (Å²) in [4.78, 5) is 30.7. The molecule has 0 unspecified atom stereocenters. The van der Waals surface area contributed by atoms with Gasteiger partial charge in [0, 0.05) is 41.9 Å². The van der Waals surface area contributed by atoms with E-state index in [-0.39, 0.29) is 11.9 Å². The van der Waals surface area contributed by atoms with E-state index in [9.17, 15) is 14.0 Å². The summed E-state index contributed by atoms with van der Waals surface area (Å²) >= 11 is 0. The maximum atomic E-state index is 14.9. The SMILES string of the molecule is C[C@@H]1CCCCCN1C(=O)c1cc(C2CC2)n2nc(-c3ccc(/C=C/C(=O)O)cc3F)cc2n1. The molecule has 0 bridgehead atoms. The molecule has 1 aromatic carbocycles. The monoisotopic (exact) mass is 462 g/mol. The zero-order chi connectivity index (χ0) is 23.8. The third kappa shape index (κ3) is 4.44. The van der Waals surface area contributed by atoms with Crippen molar-refractivity contribution in [2.24, 2.45) is 0 Å². The molecule has 176 valence electrons. The van der Waals surface area contributed by atoms with Crippen molar-refractivity contribution in [2.75, 3.05) is 6.54 Å². The highest BCUT2D eigenvalue weighted by Crippen LogP contribution is 2.40. The fourth-order valence-corrected chi connectivity index (χ4v) is 4.64. The minimum Gasteiger partial charge on any atom is -0.478 e. The predicted octanol–water partition coefficient (Wildman–Crippen LogP) is 4.92. The predicted molar refractivity (Wildman–Crippen MR) is 126 cm³/mol. The zero-order valence-electron chi connectivity index (χ0n) is 19.1. The number of rotatable bonds is 5. The van der Waals surface area contributed by atoms with Crippen molar-refractivity contribution in [2.45, 2.75) is 57.4 Å². The number of fused-ring (bicyclic) bond motifs is 1. The molecule has 8 heteroatoms. The highest BCUT2D eigenvalue weighted by molar-refractivity contribution is 5.93. The summed E-state index contributed by atoms with van der Waals surface area (Å²) in [5.41, 5.74) is 3.05. The molecule has 3 aromatic rings. The van der Waals surface area contributed by atoms with Crippen molar-refractivity contribution in [3.63, 3.8) is 0 Å². The van der Waals surface area contributed by atoms with Gasteiger partial charge >= 0.3 is 5.97 Å². The minimum atomic E-state index is -1.09. The Morgan fingerprint density at radius 1 is 1.12 bits per heavy atom. The summed E-state index contributed by atoms with van der Waals surface area (Å²) < 4.78 is 16.6. The van der Waals surface area contributed by atoms with Crippen LogP contribution in [0.25, 0.3) is 23.0 Å². The molecule has 2 aromatic heterocycles. The Balaban J connectivity index is 1.52. The summed E-state index contributed by atoms with van der Waals surface area (Å²) in [5, 5.41) is 13.4. The van der Waals surface area contributed by atoms with Gasteiger partial charge in [-0.2, -0.15) is 5.10 Å². The molecule has 1 amide bonds. The Bertz CT molecular complexity index is 1290. The molecule has 2 aliphatic rings. The molecule has 7 nitrogen and oxygen atoms in total. The number of aliphatic carboxylic acids is 1. The van der Waals surface area contributed by atoms with Gasteiger partial charge in [-0.1, -0.05) is 18.9 Å². The molecule has 1 aliphatic heterocycles. The summed E-state index contributed by atoms with van der Waals surface area (Å²) in [6, 6.07) is 8.26. The van der Waals surface area contributed by atoms with E-state index < -0.39 is 11.8 Å². The highest BCUT2D eigenvalue weighted by atomic mass is 19.1. The summed E-state index contributed by atoms with van der Waals surface area (Å²) in [6.07, 6.45) is 8.63. The number of hydrogen-bond acceptors (Lipinski definition) is 4. The van der Waals surface area contributed by atoms with Crippen LogP contribution in [-0.4, -0.2) is 49.1 Å². The lowest BCUT2D eigenvalue weighted by atomic mass is 10.1. The minimum absolute atomic E-state index is 0.0534. The molecule has 1 aliphatic carbocycles. The first kappa shape index (κ1) is 22.3. The number of benzene rings is 1. The molecule has 34 heavy (non-hydrogen) atoms. The van der Waals surface area contributed by atoms with E-state index in [2.05, 4.69) is 17.0 Å². The Morgan fingerprint density at radius 3 is 2.68 bits per heavy atom. The average Bonchev–Trinajstić information content (AvgIpc) is 3.60. The molecule has 0 radical (unpaired) electrons. The van der Waals surface area contributed by atoms with Crippen LogP contribution in [0, 0.1) is 5.82 Å². The van der Waals surface area contributed by atoms with Gasteiger partial charge in [0.15, 0.2) is 5.65 Å². The molecule has 5 rings (SSSR count). The van der Waals surface area contributed by atoms with Gasteiger partial charge < -0.3 is 10.0 Å². The molecule has 1 atom stereocenters. The van der Waals surface area contributed by atoms with E-state index in [1.165, 1.54) is 12.1 Å². The lowest BCUT2D eigenvalue weighted by molar-refractivity contribution is -0.131. The van der Waals surface area contributed by atoms with Crippen molar-refractivity contribution in [3.8, 4) is 11.3 Å². The summed E-state index contributed by atoms with van der Waals surface area (Å²) in [7, 11) is 0. The number of likely N-dealkylation sites (tertiary alicyclic amines) is 1. The topological polar surface area (TPSA) is 87.8 Å². The first-order chi connectivity index (χ1) is 16.4. The lowest BCUT2D eigenvalue weighted by Crippen LogP contribution is -2.38. The van der Waals surface area contributed by atoms with Crippen molar-refractivity contribution in [1.29, 1.82) is 0 Å². The van der Waals surface area contributed by atoms with Crippen LogP contribution in [0.2, 0.25) is 0 Å². The second kappa shape index (κ2) is 9.00. The van der Waals surface area contributed by atoms with E-state index in [1.54, 1.807) is 22.7 Å². The number of aromatic nitrogens is 3. The maximum Gasteiger partial charge on any atom is 0.328 e. The largest absolute Gasteiger partial charge is 0.478 e. The number of hydrogen-bond donors (Lipinski definition) is 1. The Morgan fingerprint density at radius 2 is 1.94 bits per heavy atom. The maximum absolute atomic E-state index is 14.9. The van der Waals surface area contributed by atoms with E-state index in [0.29, 0.717) is 34.1 Å². The van der Waals surface area contributed by atoms with Crippen molar-refractivity contribution in [1.82, 2.24) is 19.5 Å². The first-order valence-electron chi connectivity index (χ1n) is 11.8. The highest BCUT2D eigenvalue weighted by Gasteiger charge is 2.31. The summed E-state index contributed by atoms with van der Waals surface area (Å²) in [5.74, 6) is -1.33. The van der Waals surface area contributed by atoms with Gasteiger partial charge in [-0.15, -0.1) is 0 Å². The van der Waals surface area contributed by atoms with Gasteiger partial charge in [0.05, 0.1) is 5.69 Å². The van der Waals surface area contributed by atoms with E-state index >= 15 is 0 Å². The van der Waals surface area contributed by atoms with Crippen molar-refractivity contribution < 1.29 is 19.1 Å². The van der Waals surface area contributed by atoms with Crippen LogP contribution in [0.1, 0.15) is 73.1 Å². The lowest BCUT2D eigenvalue weighted by Gasteiger charge is -2.27. The fourth-order valence-electron chi connectivity index (χ4n) is 4.64. The Kier molecular flexibility index (Phi) is 5.89. The second-order valence-corrected chi connectivity index (χ2v) is 9.25. The second-order valence-electron chi connectivity index (χ2n) is 9.25. The van der Waals surface area contributed by atoms with Crippen LogP contribution in [0.5, 0.6) is 0 Å². The third-order valence-corrected chi connectivity index (χ3v) is 6.67. The number of carbonyl (C=O) groups is 2. The number of amides is 1. The molecule has 1 N–H and O–H groups in total. The van der Waals surface area contributed by atoms with Crippen LogP contribution in [0.3, 0.4) is 0 Å². The van der Waals surface area contributed by atoms with Crippen LogP contribution >= 0.6 is 0 Å². The van der Waals surface area contributed by atoms with Gasteiger partial charge in [-0.3, -0.25) is 4.79 Å². The molecular weight excluding hydrogens is 435 g/mol. The molecule has 1 saturated heterocycles. The van der Waals surface area contributed by atoms with Gasteiger partial charge in [0.2, 0.25) is 0 Å². The van der Waals surface area contributed by atoms with Gasteiger partial charge in [0.1, 0.15) is 11.5 Å². The van der Waals surface area contributed by atoms with E-state index in [4.69, 9.17) is 5.11 Å². The van der Waals surface area contributed by atoms with Crippen LogP contribution < -0.4 is 0 Å². The molecule has 2 fully saturated rings. The number of halogens is 1. The van der Waals surface area contributed by atoms with Gasteiger partial charge in [-0.05, 0) is 62.4 Å². The standard InChI is InChI=1S/C26H27FN4O3/c1-16-5-3-2-4-12-30(16)26(34)22-14-23(18-8-9-18)31-24(28-22)15-21(29-31)19-10-6-17(13-20(19)27)7-11-25(32)33/h6-7,10-11,13-16,18H,2-5,8-9,12H2,1H3,(H,32,33)/b11-7+/t16-/m1/s1. The molecule has 3 heterocycles. The number of carbonyl (C=O) groups excluding carboxylic acids is 1. The smallest absolute Gasteiger partial charge is 0.328 e. The first-order valence-corrected chi connectivity index (χ1v) is 11.8. The van der Waals surface area contributed by atoms with Crippen molar-refractivity contribution in [3.05, 3.63) is 59.2 Å². The average molecular weight is 463 g/mol. The van der Waals surface area contributed by atoms with E-state index in [0.717, 1.165) is 56.8 Å². The van der Waals surface area contributed by atoms with Crippen LogP contribution in [-0.2, 0) is 4.79 Å². The Hall–Kier alpha value is -3.55. The molecule has 1 saturated carbocycles. The van der Waals surface area contributed by atoms with Gasteiger partial charge in [0.25, 0.3) is 5.91 Å². The molecular formula is C26H27FN4O3. The van der Waals surface area contributed by atoms with Crippen molar-refractivity contribution >= 4 is 23.6 Å². The third-order valence-electron chi connectivity index (χ3n) is 6.67. The Labute approximate surface area is 196 Å².